The average molecular weight is 232 g/mol. The molecule has 3 N–H and O–H groups in total. The zero-order chi connectivity index (χ0) is 12.3. The van der Waals surface area contributed by atoms with Crippen LogP contribution in [0.2, 0.25) is 0 Å². The fraction of sp³-hybridized carbons (Fsp3) is 0. The molecule has 0 saturated carbocycles. The first-order chi connectivity index (χ1) is 8.18. The summed E-state index contributed by atoms with van der Waals surface area (Å²) in [6.45, 7) is 0. The quantitative estimate of drug-likeness (QED) is 0.645. The largest absolute Gasteiger partial charge is 0.476 e. The SMILES string of the molecule is O=C1NN=C/C1=C/C=C/c1c[nH]nc1C(=O)O. The van der Waals surface area contributed by atoms with E-state index in [1.54, 1.807) is 12.2 Å². The molecule has 0 radical (unpaired) electrons. The molecule has 2 rings (SSSR count). The van der Waals surface area contributed by atoms with Crippen LogP contribution in [0, 0.1) is 0 Å². The van der Waals surface area contributed by atoms with Crippen molar-refractivity contribution in [3.8, 4) is 0 Å². The Morgan fingerprint density at radius 3 is 2.94 bits per heavy atom. The van der Waals surface area contributed by atoms with Gasteiger partial charge in [0.15, 0.2) is 5.69 Å². The standard InChI is InChI=1S/C10H8N4O3/c15-9-7(5-12-14-9)3-1-2-6-4-11-13-8(6)10(16)17/h1-5H,(H,11,13)(H,14,15)(H,16,17)/b2-1+,7-3-. The first-order valence-electron chi connectivity index (χ1n) is 4.67. The lowest BCUT2D eigenvalue weighted by atomic mass is 10.2. The van der Waals surface area contributed by atoms with Gasteiger partial charge in [0.2, 0.25) is 0 Å². The van der Waals surface area contributed by atoms with Gasteiger partial charge in [-0.1, -0.05) is 12.2 Å². The van der Waals surface area contributed by atoms with Crippen LogP contribution in [0.15, 0.2) is 29.0 Å². The lowest BCUT2D eigenvalue weighted by Gasteiger charge is -1.89. The molecule has 0 saturated heterocycles. The second-order valence-electron chi connectivity index (χ2n) is 3.17. The number of hydrogen-bond donors (Lipinski definition) is 3. The molecule has 0 aliphatic carbocycles. The third-order valence-electron chi connectivity index (χ3n) is 2.06. The number of aromatic amines is 1. The molecule has 1 aromatic heterocycles. The Kier molecular flexibility index (Phi) is 2.82. The van der Waals surface area contributed by atoms with Crippen molar-refractivity contribution in [1.29, 1.82) is 0 Å². The molecular formula is C10H8N4O3. The normalized spacial score (nSPS) is 16.9. The van der Waals surface area contributed by atoms with Gasteiger partial charge in [-0.15, -0.1) is 0 Å². The Balaban J connectivity index is 2.16. The van der Waals surface area contributed by atoms with Gasteiger partial charge in [0, 0.05) is 11.8 Å². The summed E-state index contributed by atoms with van der Waals surface area (Å²) >= 11 is 0. The van der Waals surface area contributed by atoms with Crippen molar-refractivity contribution < 1.29 is 14.7 Å². The highest BCUT2D eigenvalue weighted by molar-refractivity contribution is 6.15. The molecule has 1 amide bonds. The van der Waals surface area contributed by atoms with E-state index < -0.39 is 5.97 Å². The van der Waals surface area contributed by atoms with Crippen LogP contribution in [0.4, 0.5) is 0 Å². The number of H-pyrrole nitrogens is 1. The molecule has 0 spiro atoms. The number of amides is 1. The predicted octanol–water partition coefficient (Wildman–Crippen LogP) is 0.163. The Morgan fingerprint density at radius 1 is 1.47 bits per heavy atom. The highest BCUT2D eigenvalue weighted by Gasteiger charge is 2.11. The van der Waals surface area contributed by atoms with Gasteiger partial charge in [-0.05, 0) is 6.08 Å². The molecule has 1 aliphatic rings. The van der Waals surface area contributed by atoms with Crippen molar-refractivity contribution >= 4 is 24.2 Å². The molecule has 86 valence electrons. The van der Waals surface area contributed by atoms with E-state index >= 15 is 0 Å². The van der Waals surface area contributed by atoms with Crippen LogP contribution in [-0.4, -0.2) is 33.4 Å². The van der Waals surface area contributed by atoms with Crippen molar-refractivity contribution in [3.63, 3.8) is 0 Å². The maximum atomic E-state index is 11.1. The van der Waals surface area contributed by atoms with E-state index in [9.17, 15) is 9.59 Å². The zero-order valence-electron chi connectivity index (χ0n) is 8.54. The van der Waals surface area contributed by atoms with E-state index in [1.807, 2.05) is 0 Å². The maximum Gasteiger partial charge on any atom is 0.357 e. The zero-order valence-corrected chi connectivity index (χ0v) is 8.54. The highest BCUT2D eigenvalue weighted by Crippen LogP contribution is 2.07. The summed E-state index contributed by atoms with van der Waals surface area (Å²) < 4.78 is 0. The summed E-state index contributed by atoms with van der Waals surface area (Å²) in [4.78, 5) is 21.8. The third kappa shape index (κ3) is 2.28. The van der Waals surface area contributed by atoms with E-state index in [0.29, 0.717) is 11.1 Å². The smallest absolute Gasteiger partial charge is 0.357 e. The van der Waals surface area contributed by atoms with E-state index in [0.717, 1.165) is 0 Å². The Bertz CT molecular complexity index is 554. The van der Waals surface area contributed by atoms with E-state index in [-0.39, 0.29) is 11.6 Å². The monoisotopic (exact) mass is 232 g/mol. The minimum absolute atomic E-state index is 0.0656. The third-order valence-corrected chi connectivity index (χ3v) is 2.06. The topological polar surface area (TPSA) is 107 Å². The molecule has 2 heterocycles. The summed E-state index contributed by atoms with van der Waals surface area (Å²) in [6, 6.07) is 0. The molecule has 0 fully saturated rings. The number of hydrazone groups is 1. The second kappa shape index (κ2) is 4.44. The number of carbonyl (C=O) groups excluding carboxylic acids is 1. The van der Waals surface area contributed by atoms with Crippen molar-refractivity contribution in [2.24, 2.45) is 5.10 Å². The number of hydrogen-bond acceptors (Lipinski definition) is 4. The lowest BCUT2D eigenvalue weighted by molar-refractivity contribution is -0.116. The number of nitrogens with zero attached hydrogens (tertiary/aromatic N) is 2. The number of aromatic carboxylic acids is 1. The van der Waals surface area contributed by atoms with Crippen LogP contribution in [0.25, 0.3) is 6.08 Å². The van der Waals surface area contributed by atoms with E-state index in [4.69, 9.17) is 5.11 Å². The first kappa shape index (κ1) is 10.8. The van der Waals surface area contributed by atoms with Gasteiger partial charge in [-0.25, -0.2) is 10.2 Å². The van der Waals surface area contributed by atoms with Gasteiger partial charge in [0.05, 0.1) is 11.8 Å². The number of nitrogens with one attached hydrogen (secondary N) is 2. The lowest BCUT2D eigenvalue weighted by Crippen LogP contribution is -2.11. The van der Waals surface area contributed by atoms with Crippen LogP contribution in [0.5, 0.6) is 0 Å². The number of aromatic nitrogens is 2. The molecule has 1 aliphatic heterocycles. The second-order valence-corrected chi connectivity index (χ2v) is 3.17. The van der Waals surface area contributed by atoms with E-state index in [1.165, 1.54) is 18.5 Å². The van der Waals surface area contributed by atoms with Gasteiger partial charge in [-0.2, -0.15) is 10.2 Å². The molecule has 7 nitrogen and oxygen atoms in total. The highest BCUT2D eigenvalue weighted by atomic mass is 16.4. The average Bonchev–Trinajstić information content (AvgIpc) is 2.88. The van der Waals surface area contributed by atoms with Crippen molar-refractivity contribution in [2.75, 3.05) is 0 Å². The van der Waals surface area contributed by atoms with Gasteiger partial charge < -0.3 is 5.11 Å². The fourth-order valence-electron chi connectivity index (χ4n) is 1.26. The van der Waals surface area contributed by atoms with Crippen LogP contribution in [0.3, 0.4) is 0 Å². The summed E-state index contributed by atoms with van der Waals surface area (Å²) in [6.07, 6.45) is 7.48. The van der Waals surface area contributed by atoms with Crippen LogP contribution < -0.4 is 5.43 Å². The fourth-order valence-corrected chi connectivity index (χ4v) is 1.26. The molecule has 0 unspecified atom stereocenters. The molecule has 0 atom stereocenters. The number of rotatable bonds is 3. The van der Waals surface area contributed by atoms with Gasteiger partial charge in [0.25, 0.3) is 5.91 Å². The summed E-state index contributed by atoms with van der Waals surface area (Å²) in [5.74, 6) is -1.40. The van der Waals surface area contributed by atoms with Crippen molar-refractivity contribution in [1.82, 2.24) is 15.6 Å². The van der Waals surface area contributed by atoms with Crippen LogP contribution >= 0.6 is 0 Å². The summed E-state index contributed by atoms with van der Waals surface area (Å²) in [5, 5.41) is 18.4. The van der Waals surface area contributed by atoms with Gasteiger partial charge in [-0.3, -0.25) is 9.89 Å². The van der Waals surface area contributed by atoms with Gasteiger partial charge >= 0.3 is 5.97 Å². The maximum absolute atomic E-state index is 11.1. The molecular weight excluding hydrogens is 224 g/mol. The minimum atomic E-state index is -1.11. The number of carbonyl (C=O) groups is 2. The number of carboxylic acid groups (broad SMARTS) is 1. The molecule has 1 aromatic rings. The Labute approximate surface area is 95.5 Å². The number of allylic oxidation sites excluding steroid dienone is 2. The molecule has 0 bridgehead atoms. The van der Waals surface area contributed by atoms with Crippen LogP contribution in [0.1, 0.15) is 16.1 Å². The molecule has 0 aromatic carbocycles. The molecule has 17 heavy (non-hydrogen) atoms. The van der Waals surface area contributed by atoms with Gasteiger partial charge in [0.1, 0.15) is 0 Å². The van der Waals surface area contributed by atoms with E-state index in [2.05, 4.69) is 20.7 Å². The van der Waals surface area contributed by atoms with Crippen molar-refractivity contribution in [2.45, 2.75) is 0 Å². The Hall–Kier alpha value is -2.70. The number of carboxylic acids is 1. The van der Waals surface area contributed by atoms with Crippen LogP contribution in [-0.2, 0) is 4.79 Å². The minimum Gasteiger partial charge on any atom is -0.476 e. The Morgan fingerprint density at radius 2 is 2.29 bits per heavy atom. The summed E-state index contributed by atoms with van der Waals surface area (Å²) in [5.41, 5.74) is 3.03. The van der Waals surface area contributed by atoms with Crippen molar-refractivity contribution in [3.05, 3.63) is 35.2 Å². The summed E-state index contributed by atoms with van der Waals surface area (Å²) in [7, 11) is 0. The molecule has 7 heteroatoms. The first-order valence-corrected chi connectivity index (χ1v) is 4.67. The predicted molar refractivity (Wildman–Crippen MR) is 59.3 cm³/mol.